The van der Waals surface area contributed by atoms with Crippen LogP contribution in [-0.2, 0) is 20.8 Å². The van der Waals surface area contributed by atoms with Gasteiger partial charge in [-0.25, -0.2) is 0 Å². The van der Waals surface area contributed by atoms with Gasteiger partial charge in [-0.15, -0.1) is 0 Å². The lowest BCUT2D eigenvalue weighted by Gasteiger charge is -2.40. The number of unbranched alkanes of at least 4 members (excludes halogenated alkanes) is 4. The largest absolute Gasteiger partial charge is 0.493 e. The Balaban J connectivity index is 1.75. The van der Waals surface area contributed by atoms with Crippen LogP contribution in [0, 0.1) is 0 Å². The van der Waals surface area contributed by atoms with Crippen LogP contribution in [-0.4, -0.2) is 80.6 Å². The lowest BCUT2D eigenvalue weighted by molar-refractivity contribution is -0.157. The third-order valence-electron chi connectivity index (χ3n) is 7.99. The molecule has 1 saturated heterocycles. The quantitative estimate of drug-likeness (QED) is 0.252. The molecule has 1 fully saturated rings. The Hall–Kier alpha value is -3.75. The molecule has 9 heteroatoms. The molecular weight excluding hydrogens is 546 g/mol. The van der Waals surface area contributed by atoms with E-state index in [9.17, 15) is 14.4 Å². The van der Waals surface area contributed by atoms with Gasteiger partial charge in [0.05, 0.1) is 21.3 Å². The van der Waals surface area contributed by atoms with Crippen LogP contribution in [0.15, 0.2) is 36.4 Å². The van der Waals surface area contributed by atoms with E-state index in [-0.39, 0.29) is 36.9 Å². The fourth-order valence-corrected chi connectivity index (χ4v) is 5.54. The molecule has 3 rings (SSSR count). The second-order valence-corrected chi connectivity index (χ2v) is 11.3. The van der Waals surface area contributed by atoms with Gasteiger partial charge in [-0.1, -0.05) is 70.2 Å². The smallest absolute Gasteiger partial charge is 0.246 e. The van der Waals surface area contributed by atoms with Gasteiger partial charge in [0.1, 0.15) is 19.1 Å². The Morgan fingerprint density at radius 1 is 0.907 bits per heavy atom. The predicted octanol–water partition coefficient (Wildman–Crippen LogP) is 5.24. The first kappa shape index (κ1) is 33.7. The normalized spacial score (nSPS) is 15.8. The molecule has 9 nitrogen and oxygen atoms in total. The molecule has 0 bridgehead atoms. The van der Waals surface area contributed by atoms with Gasteiger partial charge >= 0.3 is 0 Å². The van der Waals surface area contributed by atoms with E-state index in [0.717, 1.165) is 48.8 Å². The molecule has 3 amide bonds. The van der Waals surface area contributed by atoms with Crippen LogP contribution >= 0.6 is 0 Å². The van der Waals surface area contributed by atoms with Gasteiger partial charge in [-0.2, -0.15) is 0 Å². The number of methoxy groups -OCH3 is 3. The van der Waals surface area contributed by atoms with E-state index >= 15 is 0 Å². The topological polar surface area (TPSA) is 97.4 Å². The second-order valence-electron chi connectivity index (χ2n) is 11.3. The molecule has 0 saturated carbocycles. The Morgan fingerprint density at radius 3 is 2.14 bits per heavy atom. The lowest BCUT2D eigenvalue weighted by Crippen LogP contribution is -2.62. The summed E-state index contributed by atoms with van der Waals surface area (Å²) < 4.78 is 16.4. The number of benzene rings is 2. The van der Waals surface area contributed by atoms with Crippen molar-refractivity contribution >= 4 is 17.7 Å². The van der Waals surface area contributed by atoms with E-state index in [4.69, 9.17) is 14.2 Å². The maximum Gasteiger partial charge on any atom is 0.246 e. The molecule has 0 radical (unpaired) electrons. The maximum atomic E-state index is 13.7. The van der Waals surface area contributed by atoms with Crippen LogP contribution in [0.1, 0.15) is 71.3 Å². The number of amides is 3. The summed E-state index contributed by atoms with van der Waals surface area (Å²) in [6.45, 7) is 6.56. The summed E-state index contributed by atoms with van der Waals surface area (Å²) in [5.41, 5.74) is 2.76. The van der Waals surface area contributed by atoms with Gasteiger partial charge in [-0.3, -0.25) is 14.4 Å². The standard InChI is InChI=1S/C34H49N3O6/c1-7-9-11-12-13-24(3)35-31(38)22-36-23-32(39)37(18-10-8-2)28(34(36)40)19-25-14-16-26(17-15-25)27-20-29(41-4)33(43-6)30(21-27)42-5/h14-17,20-21,24,28H,7-13,18-19,22-23H2,1-6H3,(H,35,38)/t24?,28-/m1/s1. The number of carbonyl (C=O) groups is 3. The average Bonchev–Trinajstić information content (AvgIpc) is 3.00. The lowest BCUT2D eigenvalue weighted by atomic mass is 9.97. The zero-order chi connectivity index (χ0) is 31.4. The molecular formula is C34H49N3O6. The van der Waals surface area contributed by atoms with E-state index in [2.05, 4.69) is 19.2 Å². The van der Waals surface area contributed by atoms with Crippen molar-refractivity contribution < 1.29 is 28.6 Å². The maximum absolute atomic E-state index is 13.7. The molecule has 1 aliphatic rings. The van der Waals surface area contributed by atoms with Crippen LogP contribution < -0.4 is 19.5 Å². The molecule has 1 aliphatic heterocycles. The zero-order valence-electron chi connectivity index (χ0n) is 26.7. The monoisotopic (exact) mass is 595 g/mol. The minimum absolute atomic E-state index is 0.0287. The van der Waals surface area contributed by atoms with Crippen molar-refractivity contribution in [2.45, 2.75) is 84.2 Å². The number of hydrogen-bond donors (Lipinski definition) is 1. The number of ether oxygens (including phenoxy) is 3. The molecule has 236 valence electrons. The predicted molar refractivity (Wildman–Crippen MR) is 169 cm³/mol. The van der Waals surface area contributed by atoms with Crippen LogP contribution in [0.4, 0.5) is 0 Å². The molecule has 2 aromatic carbocycles. The third-order valence-corrected chi connectivity index (χ3v) is 7.99. The Labute approximate surface area is 256 Å². The average molecular weight is 596 g/mol. The molecule has 0 aliphatic carbocycles. The highest BCUT2D eigenvalue weighted by Crippen LogP contribution is 2.41. The number of nitrogens with one attached hydrogen (secondary N) is 1. The highest BCUT2D eigenvalue weighted by Gasteiger charge is 2.39. The number of nitrogens with zero attached hydrogens (tertiary/aromatic N) is 2. The zero-order valence-corrected chi connectivity index (χ0v) is 26.7. The third kappa shape index (κ3) is 9.12. The molecule has 1 unspecified atom stereocenters. The van der Waals surface area contributed by atoms with Gasteiger partial charge in [0.2, 0.25) is 23.5 Å². The van der Waals surface area contributed by atoms with Crippen molar-refractivity contribution in [3.05, 3.63) is 42.0 Å². The van der Waals surface area contributed by atoms with Gasteiger partial charge < -0.3 is 29.3 Å². The van der Waals surface area contributed by atoms with Crippen molar-refractivity contribution in [1.82, 2.24) is 15.1 Å². The Bertz CT molecular complexity index is 1190. The van der Waals surface area contributed by atoms with Gasteiger partial charge in [0.25, 0.3) is 0 Å². The SMILES string of the molecule is CCCCCCC(C)NC(=O)CN1CC(=O)N(CCCC)[C@H](Cc2ccc(-c3cc(OC)c(OC)c(OC)c3)cc2)C1=O. The van der Waals surface area contributed by atoms with Crippen molar-refractivity contribution in [2.24, 2.45) is 0 Å². The first-order valence-electron chi connectivity index (χ1n) is 15.5. The molecule has 43 heavy (non-hydrogen) atoms. The van der Waals surface area contributed by atoms with Crippen LogP contribution in [0.25, 0.3) is 11.1 Å². The van der Waals surface area contributed by atoms with Gasteiger partial charge in [0.15, 0.2) is 11.5 Å². The first-order chi connectivity index (χ1) is 20.8. The number of piperazine rings is 1. The van der Waals surface area contributed by atoms with Crippen molar-refractivity contribution in [2.75, 3.05) is 41.0 Å². The number of carbonyl (C=O) groups excluding carboxylic acids is 3. The summed E-state index contributed by atoms with van der Waals surface area (Å²) in [6.07, 6.45) is 7.56. The molecule has 0 aromatic heterocycles. The summed E-state index contributed by atoms with van der Waals surface area (Å²) >= 11 is 0. The molecule has 1 heterocycles. The summed E-state index contributed by atoms with van der Waals surface area (Å²) in [4.78, 5) is 42.9. The molecule has 2 atom stereocenters. The van der Waals surface area contributed by atoms with Gasteiger partial charge in [0, 0.05) is 19.0 Å². The van der Waals surface area contributed by atoms with Crippen molar-refractivity contribution in [3.63, 3.8) is 0 Å². The first-order valence-corrected chi connectivity index (χ1v) is 15.5. The van der Waals surface area contributed by atoms with E-state index < -0.39 is 6.04 Å². The Morgan fingerprint density at radius 2 is 1.56 bits per heavy atom. The highest BCUT2D eigenvalue weighted by molar-refractivity contribution is 5.97. The van der Waals surface area contributed by atoms with Crippen molar-refractivity contribution in [3.8, 4) is 28.4 Å². The van der Waals surface area contributed by atoms with Gasteiger partial charge in [-0.05, 0) is 48.6 Å². The molecule has 1 N–H and O–H groups in total. The summed E-state index contributed by atoms with van der Waals surface area (Å²) in [5.74, 6) is 1.13. The van der Waals surface area contributed by atoms with E-state index in [1.54, 1.807) is 26.2 Å². The summed E-state index contributed by atoms with van der Waals surface area (Å²) in [7, 11) is 4.73. The number of rotatable bonds is 17. The fraction of sp³-hybridized carbons (Fsp3) is 0.559. The second kappa shape index (κ2) is 16.8. The summed E-state index contributed by atoms with van der Waals surface area (Å²) in [5, 5.41) is 3.01. The highest BCUT2D eigenvalue weighted by atomic mass is 16.5. The minimum Gasteiger partial charge on any atom is -0.493 e. The Kier molecular flexibility index (Phi) is 13.2. The van der Waals surface area contributed by atoms with E-state index in [1.165, 1.54) is 17.7 Å². The van der Waals surface area contributed by atoms with Crippen molar-refractivity contribution in [1.29, 1.82) is 0 Å². The van der Waals surface area contributed by atoms with Crippen LogP contribution in [0.3, 0.4) is 0 Å². The van der Waals surface area contributed by atoms with Crippen LogP contribution in [0.2, 0.25) is 0 Å². The van der Waals surface area contributed by atoms with E-state index in [1.807, 2.05) is 43.3 Å². The van der Waals surface area contributed by atoms with E-state index in [0.29, 0.717) is 30.2 Å². The fourth-order valence-electron chi connectivity index (χ4n) is 5.54. The molecule has 0 spiro atoms. The van der Waals surface area contributed by atoms with Crippen LogP contribution in [0.5, 0.6) is 17.2 Å². The number of hydrogen-bond acceptors (Lipinski definition) is 6. The minimum atomic E-state index is -0.654. The summed E-state index contributed by atoms with van der Waals surface area (Å²) in [6, 6.07) is 11.1. The molecule has 2 aromatic rings.